The van der Waals surface area contributed by atoms with Crippen LogP contribution in [0.2, 0.25) is 0 Å². The number of nitrogens with two attached hydrogens (primary N) is 1. The van der Waals surface area contributed by atoms with E-state index in [0.29, 0.717) is 82.4 Å². The Balaban J connectivity index is 0.752. The van der Waals surface area contributed by atoms with E-state index >= 15 is 0 Å². The van der Waals surface area contributed by atoms with Gasteiger partial charge in [0.25, 0.3) is 11.8 Å². The number of nitrogens with zero attached hydrogens (tertiary/aromatic N) is 4. The van der Waals surface area contributed by atoms with E-state index in [2.05, 4.69) is 25.9 Å². The van der Waals surface area contributed by atoms with Crippen LogP contribution < -0.4 is 26.6 Å². The molecule has 0 bridgehead atoms. The normalized spacial score (nSPS) is 26.3. The summed E-state index contributed by atoms with van der Waals surface area (Å²) in [6.07, 6.45) is 5.70. The average Bonchev–Trinajstić information content (AvgIpc) is 4.11. The smallest absolute Gasteiger partial charge is 0.380 e. The van der Waals surface area contributed by atoms with Gasteiger partial charge in [-0.25, -0.2) is 4.39 Å². The van der Waals surface area contributed by atoms with Crippen molar-refractivity contribution in [3.05, 3.63) is 89.3 Å². The zero-order chi connectivity index (χ0) is 56.1. The second-order valence-electron chi connectivity index (χ2n) is 21.2. The van der Waals surface area contributed by atoms with Crippen molar-refractivity contribution in [2.24, 2.45) is 23.5 Å². The van der Waals surface area contributed by atoms with Crippen LogP contribution in [0.3, 0.4) is 0 Å². The molecule has 0 radical (unpaired) electrons. The van der Waals surface area contributed by atoms with Crippen LogP contribution >= 0.6 is 0 Å². The Hall–Kier alpha value is -6.10. The minimum atomic E-state index is -4.86. The Bertz CT molecular complexity index is 2550. The summed E-state index contributed by atoms with van der Waals surface area (Å²) >= 11 is 0. The Morgan fingerprint density at radius 1 is 0.885 bits per heavy atom. The lowest BCUT2D eigenvalue weighted by Gasteiger charge is -2.32. The molecule has 2 aliphatic heterocycles. The van der Waals surface area contributed by atoms with Crippen molar-refractivity contribution in [3.63, 3.8) is 0 Å². The first-order chi connectivity index (χ1) is 37.2. The molecule has 0 spiro atoms. The van der Waals surface area contributed by atoms with Gasteiger partial charge in [0.2, 0.25) is 23.6 Å². The van der Waals surface area contributed by atoms with Gasteiger partial charge in [-0.3, -0.25) is 38.7 Å². The van der Waals surface area contributed by atoms with E-state index in [0.717, 1.165) is 44.2 Å². The Morgan fingerprint density at radius 2 is 1.59 bits per heavy atom. The SMILES string of the molecule is Cc1cc(F)ccc1[C@H]1[C@H](C(=O)N(CCOCCCNC(=O)C2CCC(NC(=O)CCCOC3CCC(OCCNC(=O)[C@H]4CC(=O)N(C)[C@@H]4c4cccnc4)CC3)CC2)c2ccnc(C(N)=O)c2)O[C@@](C)(C(F)(F)F)[C@H]1C. The van der Waals surface area contributed by atoms with Crippen molar-refractivity contribution in [1.29, 1.82) is 0 Å². The number of rotatable bonds is 24. The maximum Gasteiger partial charge on any atom is 0.417 e. The van der Waals surface area contributed by atoms with Crippen LogP contribution in [0.4, 0.5) is 23.2 Å². The van der Waals surface area contributed by atoms with Crippen molar-refractivity contribution < 1.29 is 65.3 Å². The Labute approximate surface area is 452 Å². The van der Waals surface area contributed by atoms with Gasteiger partial charge in [-0.05, 0) is 125 Å². The predicted octanol–water partition coefficient (Wildman–Crippen LogP) is 6.15. The number of carbonyl (C=O) groups is 6. The molecule has 22 heteroatoms. The molecule has 2 saturated carbocycles. The number of halogens is 4. The van der Waals surface area contributed by atoms with E-state index in [4.69, 9.17) is 24.7 Å². The number of hydrogen-bond acceptors (Lipinski definition) is 12. The van der Waals surface area contributed by atoms with E-state index in [1.807, 2.05) is 6.07 Å². The lowest BCUT2D eigenvalue weighted by atomic mass is 9.76. The number of primary amides is 1. The summed E-state index contributed by atoms with van der Waals surface area (Å²) in [5.41, 5.74) is 4.22. The monoisotopic (exact) mass is 1090 g/mol. The largest absolute Gasteiger partial charge is 0.417 e. The average molecular weight is 1100 g/mol. The van der Waals surface area contributed by atoms with E-state index < -0.39 is 53.3 Å². The number of ether oxygens (including phenoxy) is 4. The number of amides is 6. The standard InChI is InChI=1S/C56H74F4N8O10/c1-34-30-38(57)12-19-43(34)48-35(2)55(3,56(58,59)60)78-50(48)54(74)68(40-20-23-63-45(31-40)51(61)71)25-29-75-26-7-22-64-52(72)36-10-13-39(14-11-36)66-46(69)9-6-27-76-41-15-17-42(18-16-41)77-28-24-65-53(73)44-32-47(70)67(4)49(44)37-8-5-21-62-33-37/h5,8,12,19-21,23,30-31,33,35-36,39,41-42,44,48-50H,6-7,9-11,13-18,22,24-29,32H2,1-4H3,(H2,61,71)(H,64,72)(H,65,73)(H,66,69)/t35-,36?,39?,41?,42?,44-,48-,49+,50+,55+/m0/s1. The molecule has 1 aromatic carbocycles. The molecule has 0 unspecified atom stereocenters. The maximum atomic E-state index is 14.7. The molecule has 78 heavy (non-hydrogen) atoms. The van der Waals surface area contributed by atoms with Gasteiger partial charge in [-0.1, -0.05) is 19.1 Å². The van der Waals surface area contributed by atoms with Gasteiger partial charge in [0.05, 0.1) is 37.4 Å². The number of benzene rings is 1. The highest BCUT2D eigenvalue weighted by molar-refractivity contribution is 5.99. The van der Waals surface area contributed by atoms with E-state index in [-0.39, 0.29) is 91.4 Å². The first kappa shape index (κ1) is 59.6. The zero-order valence-electron chi connectivity index (χ0n) is 44.9. The van der Waals surface area contributed by atoms with Crippen LogP contribution in [0.1, 0.15) is 130 Å². The predicted molar refractivity (Wildman–Crippen MR) is 278 cm³/mol. The number of nitrogens with one attached hydrogen (secondary N) is 3. The summed E-state index contributed by atoms with van der Waals surface area (Å²) in [5.74, 6) is -5.76. The number of pyridine rings is 2. The molecule has 6 atom stereocenters. The Morgan fingerprint density at radius 3 is 2.26 bits per heavy atom. The molecule has 2 aromatic heterocycles. The molecule has 4 aliphatic rings. The van der Waals surface area contributed by atoms with Crippen LogP contribution in [0.25, 0.3) is 0 Å². The van der Waals surface area contributed by atoms with Gasteiger partial charge in [-0.2, -0.15) is 13.2 Å². The first-order valence-electron chi connectivity index (χ1n) is 27.1. The van der Waals surface area contributed by atoms with Crippen LogP contribution in [0, 0.1) is 30.5 Å². The van der Waals surface area contributed by atoms with Crippen LogP contribution in [0.5, 0.6) is 0 Å². The number of aryl methyl sites for hydroxylation is 1. The third-order valence-corrected chi connectivity index (χ3v) is 16.0. The lowest BCUT2D eigenvalue weighted by Crippen LogP contribution is -2.48. The Kier molecular flexibility index (Phi) is 20.8. The number of anilines is 1. The van der Waals surface area contributed by atoms with E-state index in [1.165, 1.54) is 42.3 Å². The molecular weight excluding hydrogens is 1020 g/mol. The van der Waals surface area contributed by atoms with E-state index in [9.17, 15) is 46.3 Å². The fourth-order valence-electron chi connectivity index (χ4n) is 11.3. The quantitative estimate of drug-likeness (QED) is 0.0584. The van der Waals surface area contributed by atoms with Crippen LogP contribution in [-0.4, -0.2) is 140 Å². The molecular formula is C56H74F4N8O10. The van der Waals surface area contributed by atoms with Crippen LogP contribution in [-0.2, 0) is 42.9 Å². The summed E-state index contributed by atoms with van der Waals surface area (Å²) < 4.78 is 81.8. The minimum Gasteiger partial charge on any atom is -0.380 e. The minimum absolute atomic E-state index is 0.0199. The molecule has 4 fully saturated rings. The fraction of sp³-hybridized carbons (Fsp3) is 0.607. The number of likely N-dealkylation sites (tertiary alicyclic amines) is 1. The molecule has 2 aliphatic carbocycles. The first-order valence-corrected chi connectivity index (χ1v) is 27.1. The van der Waals surface area contributed by atoms with Crippen molar-refractivity contribution in [2.75, 3.05) is 58.0 Å². The molecule has 4 heterocycles. The molecule has 426 valence electrons. The van der Waals surface area contributed by atoms with Crippen molar-refractivity contribution >= 4 is 41.1 Å². The second kappa shape index (κ2) is 27.2. The van der Waals surface area contributed by atoms with E-state index in [1.54, 1.807) is 37.3 Å². The molecule has 6 amide bonds. The summed E-state index contributed by atoms with van der Waals surface area (Å²) in [4.78, 5) is 88.8. The zero-order valence-corrected chi connectivity index (χ0v) is 44.9. The van der Waals surface area contributed by atoms with Gasteiger partial charge in [0, 0.05) is 101 Å². The van der Waals surface area contributed by atoms with Crippen molar-refractivity contribution in [3.8, 4) is 0 Å². The molecule has 7 rings (SSSR count). The lowest BCUT2D eigenvalue weighted by molar-refractivity contribution is -0.272. The summed E-state index contributed by atoms with van der Waals surface area (Å²) in [6.45, 7) is 5.27. The number of carbonyl (C=O) groups excluding carboxylic acids is 6. The maximum absolute atomic E-state index is 14.7. The third-order valence-electron chi connectivity index (χ3n) is 16.0. The van der Waals surface area contributed by atoms with Crippen molar-refractivity contribution in [2.45, 2.75) is 146 Å². The number of hydrogen-bond donors (Lipinski definition) is 4. The number of aromatic nitrogens is 2. The summed E-state index contributed by atoms with van der Waals surface area (Å²) in [6, 6.07) is 9.68. The van der Waals surface area contributed by atoms with Gasteiger partial charge in [0.1, 0.15) is 17.6 Å². The second-order valence-corrected chi connectivity index (χ2v) is 21.2. The molecule has 5 N–H and O–H groups in total. The van der Waals surface area contributed by atoms with Gasteiger partial charge in [-0.15, -0.1) is 0 Å². The van der Waals surface area contributed by atoms with Gasteiger partial charge < -0.3 is 50.4 Å². The highest BCUT2D eigenvalue weighted by atomic mass is 19.4. The van der Waals surface area contributed by atoms with Crippen LogP contribution in [0.15, 0.2) is 61.1 Å². The molecule has 3 aromatic rings. The summed E-state index contributed by atoms with van der Waals surface area (Å²) in [7, 11) is 1.71. The van der Waals surface area contributed by atoms with Gasteiger partial charge in [0.15, 0.2) is 5.60 Å². The number of alkyl halides is 3. The van der Waals surface area contributed by atoms with Crippen molar-refractivity contribution in [1.82, 2.24) is 30.8 Å². The topological polar surface area (TPSA) is 234 Å². The highest BCUT2D eigenvalue weighted by Crippen LogP contribution is 2.54. The van der Waals surface area contributed by atoms with Gasteiger partial charge >= 0.3 is 6.18 Å². The molecule has 18 nitrogen and oxygen atoms in total. The molecule has 2 saturated heterocycles. The highest BCUT2D eigenvalue weighted by Gasteiger charge is 2.66. The third kappa shape index (κ3) is 15.0. The summed E-state index contributed by atoms with van der Waals surface area (Å²) in [5, 5.41) is 9.01. The fourth-order valence-corrected chi connectivity index (χ4v) is 11.3.